The van der Waals surface area contributed by atoms with Crippen LogP contribution in [0.5, 0.6) is 0 Å². The van der Waals surface area contributed by atoms with E-state index in [0.29, 0.717) is 18.5 Å². The molecule has 1 aromatic carbocycles. The molecule has 1 aliphatic heterocycles. The molecule has 0 saturated carbocycles. The Morgan fingerprint density at radius 3 is 2.92 bits per heavy atom. The molecular weight excluding hydrogens is 304 g/mol. The van der Waals surface area contributed by atoms with Crippen molar-refractivity contribution in [1.82, 2.24) is 29.8 Å². The van der Waals surface area contributed by atoms with Gasteiger partial charge >= 0.3 is 0 Å². The lowest BCUT2D eigenvalue weighted by molar-refractivity contribution is 0.211. The number of aryl methyl sites for hydroxylation is 1. The fourth-order valence-electron chi connectivity index (χ4n) is 3.17. The van der Waals surface area contributed by atoms with Gasteiger partial charge in [0.15, 0.2) is 5.82 Å². The minimum absolute atomic E-state index is 0.438. The molecule has 1 aliphatic rings. The first-order valence-corrected chi connectivity index (χ1v) is 8.24. The van der Waals surface area contributed by atoms with Gasteiger partial charge < -0.3 is 4.52 Å². The largest absolute Gasteiger partial charge is 0.334 e. The molecule has 0 amide bonds. The lowest BCUT2D eigenvalue weighted by Gasteiger charge is -2.22. The first-order chi connectivity index (χ1) is 11.8. The van der Waals surface area contributed by atoms with Gasteiger partial charge in [-0.2, -0.15) is 10.1 Å². The van der Waals surface area contributed by atoms with Crippen LogP contribution >= 0.6 is 0 Å². The third-order valence-corrected chi connectivity index (χ3v) is 4.47. The monoisotopic (exact) mass is 324 g/mol. The Morgan fingerprint density at radius 2 is 2.12 bits per heavy atom. The summed E-state index contributed by atoms with van der Waals surface area (Å²) in [5, 5.41) is 8.35. The van der Waals surface area contributed by atoms with E-state index in [9.17, 15) is 0 Å². The lowest BCUT2D eigenvalue weighted by Crippen LogP contribution is -2.33. The molecule has 0 bridgehead atoms. The second-order valence-corrected chi connectivity index (χ2v) is 6.27. The van der Waals surface area contributed by atoms with Gasteiger partial charge in [0, 0.05) is 11.6 Å². The Morgan fingerprint density at radius 1 is 1.25 bits per heavy atom. The number of likely N-dealkylation sites (tertiary alicyclic amines) is 1. The first kappa shape index (κ1) is 15.0. The summed E-state index contributed by atoms with van der Waals surface area (Å²) in [5.41, 5.74) is 2.17. The van der Waals surface area contributed by atoms with Crippen molar-refractivity contribution in [3.05, 3.63) is 48.3 Å². The normalized spacial score (nSPS) is 18.3. The molecule has 0 spiro atoms. The Kier molecular flexibility index (Phi) is 4.08. The van der Waals surface area contributed by atoms with Crippen LogP contribution in [0.2, 0.25) is 0 Å². The van der Waals surface area contributed by atoms with E-state index in [1.54, 1.807) is 12.7 Å². The summed E-state index contributed by atoms with van der Waals surface area (Å²) in [5.74, 6) is 1.31. The van der Waals surface area contributed by atoms with E-state index in [2.05, 4.69) is 32.0 Å². The lowest BCUT2D eigenvalue weighted by atomic mass is 10.1. The van der Waals surface area contributed by atoms with E-state index in [1.165, 1.54) is 12.0 Å². The van der Waals surface area contributed by atoms with Crippen LogP contribution in [0.1, 0.15) is 24.2 Å². The van der Waals surface area contributed by atoms with Crippen LogP contribution in [0.25, 0.3) is 11.5 Å². The third-order valence-electron chi connectivity index (χ3n) is 4.47. The number of aromatic nitrogens is 5. The second kappa shape index (κ2) is 6.52. The van der Waals surface area contributed by atoms with Gasteiger partial charge in [0.2, 0.25) is 0 Å². The highest BCUT2D eigenvalue weighted by atomic mass is 16.5. The molecule has 2 aromatic heterocycles. The van der Waals surface area contributed by atoms with Gasteiger partial charge in [-0.15, -0.1) is 0 Å². The Hall–Kier alpha value is -2.54. The molecule has 3 heterocycles. The van der Waals surface area contributed by atoms with Crippen LogP contribution in [0.4, 0.5) is 0 Å². The summed E-state index contributed by atoms with van der Waals surface area (Å²) in [6.45, 7) is 4.66. The van der Waals surface area contributed by atoms with Crippen molar-refractivity contribution < 1.29 is 4.52 Å². The molecule has 4 rings (SSSR count). The molecule has 7 heteroatoms. The summed E-state index contributed by atoms with van der Waals surface area (Å²) in [7, 11) is 0. The number of nitrogens with zero attached hydrogens (tertiary/aromatic N) is 6. The van der Waals surface area contributed by atoms with Crippen LogP contribution < -0.4 is 0 Å². The van der Waals surface area contributed by atoms with Gasteiger partial charge in [-0.05, 0) is 38.4 Å². The van der Waals surface area contributed by atoms with E-state index in [0.717, 1.165) is 30.9 Å². The zero-order chi connectivity index (χ0) is 16.4. The number of hydrogen-bond donors (Lipinski definition) is 0. The van der Waals surface area contributed by atoms with E-state index >= 15 is 0 Å². The summed E-state index contributed by atoms with van der Waals surface area (Å²) >= 11 is 0. The van der Waals surface area contributed by atoms with Crippen LogP contribution in [0.15, 0.2) is 41.4 Å². The van der Waals surface area contributed by atoms with Gasteiger partial charge in [0.25, 0.3) is 5.89 Å². The van der Waals surface area contributed by atoms with E-state index in [4.69, 9.17) is 4.52 Å². The fraction of sp³-hybridized carbons (Fsp3) is 0.412. The first-order valence-electron chi connectivity index (χ1n) is 8.24. The minimum Gasteiger partial charge on any atom is -0.334 e. The van der Waals surface area contributed by atoms with E-state index < -0.39 is 0 Å². The average molecular weight is 324 g/mol. The summed E-state index contributed by atoms with van der Waals surface area (Å²) < 4.78 is 7.31. The summed E-state index contributed by atoms with van der Waals surface area (Å²) in [4.78, 5) is 11.0. The van der Waals surface area contributed by atoms with Gasteiger partial charge in [0.1, 0.15) is 12.7 Å². The smallest absolute Gasteiger partial charge is 0.257 e. The highest BCUT2D eigenvalue weighted by Crippen LogP contribution is 2.22. The fourth-order valence-corrected chi connectivity index (χ4v) is 3.17. The standard InChI is InChI=1S/C17H20N6O/c1-13-4-6-14(7-5-13)17-20-16(21-24-17)10-22-8-2-3-15(22)9-23-12-18-11-19-23/h4-7,11-12,15H,2-3,8-10H2,1H3. The average Bonchev–Trinajstić information content (AvgIpc) is 3.32. The molecule has 1 atom stereocenters. The Bertz CT molecular complexity index is 780. The maximum absolute atomic E-state index is 5.43. The molecule has 124 valence electrons. The van der Waals surface area contributed by atoms with Gasteiger partial charge in [0.05, 0.1) is 13.1 Å². The zero-order valence-corrected chi connectivity index (χ0v) is 13.7. The maximum Gasteiger partial charge on any atom is 0.257 e. The van der Waals surface area contributed by atoms with E-state index in [-0.39, 0.29) is 0 Å². The predicted octanol–water partition coefficient (Wildman–Crippen LogP) is 2.30. The third kappa shape index (κ3) is 3.21. The van der Waals surface area contributed by atoms with Crippen molar-refractivity contribution in [2.24, 2.45) is 0 Å². The molecule has 1 saturated heterocycles. The van der Waals surface area contributed by atoms with Crippen molar-refractivity contribution in [2.75, 3.05) is 6.54 Å². The molecule has 0 aliphatic carbocycles. The molecular formula is C17H20N6O. The highest BCUT2D eigenvalue weighted by Gasteiger charge is 2.26. The summed E-state index contributed by atoms with van der Waals surface area (Å²) in [6, 6.07) is 8.56. The van der Waals surface area contributed by atoms with Crippen molar-refractivity contribution in [2.45, 2.75) is 38.9 Å². The Labute approximate surface area is 140 Å². The second-order valence-electron chi connectivity index (χ2n) is 6.27. The SMILES string of the molecule is Cc1ccc(-c2nc(CN3CCCC3Cn3cncn3)no2)cc1. The van der Waals surface area contributed by atoms with Crippen LogP contribution in [-0.2, 0) is 13.1 Å². The summed E-state index contributed by atoms with van der Waals surface area (Å²) in [6.07, 6.45) is 5.68. The quantitative estimate of drug-likeness (QED) is 0.717. The molecule has 0 radical (unpaired) electrons. The van der Waals surface area contributed by atoms with E-state index in [1.807, 2.05) is 28.9 Å². The Balaban J connectivity index is 1.44. The molecule has 24 heavy (non-hydrogen) atoms. The highest BCUT2D eigenvalue weighted by molar-refractivity contribution is 5.53. The molecule has 1 unspecified atom stereocenters. The molecule has 1 fully saturated rings. The van der Waals surface area contributed by atoms with Crippen molar-refractivity contribution >= 4 is 0 Å². The van der Waals surface area contributed by atoms with Crippen molar-refractivity contribution in [3.63, 3.8) is 0 Å². The predicted molar refractivity (Wildman–Crippen MR) is 87.9 cm³/mol. The topological polar surface area (TPSA) is 72.9 Å². The van der Waals surface area contributed by atoms with Gasteiger partial charge in [-0.3, -0.25) is 9.58 Å². The van der Waals surface area contributed by atoms with Crippen molar-refractivity contribution in [3.8, 4) is 11.5 Å². The maximum atomic E-state index is 5.43. The van der Waals surface area contributed by atoms with Gasteiger partial charge in [-0.25, -0.2) is 4.98 Å². The number of benzene rings is 1. The minimum atomic E-state index is 0.438. The van der Waals surface area contributed by atoms with Crippen LogP contribution in [-0.4, -0.2) is 42.4 Å². The molecule has 0 N–H and O–H groups in total. The molecule has 7 nitrogen and oxygen atoms in total. The molecule has 3 aromatic rings. The number of rotatable bonds is 5. The van der Waals surface area contributed by atoms with Crippen molar-refractivity contribution in [1.29, 1.82) is 0 Å². The van der Waals surface area contributed by atoms with Crippen LogP contribution in [0, 0.1) is 6.92 Å². The van der Waals surface area contributed by atoms with Gasteiger partial charge in [-0.1, -0.05) is 22.9 Å². The van der Waals surface area contributed by atoms with Crippen LogP contribution in [0.3, 0.4) is 0 Å². The number of hydrogen-bond acceptors (Lipinski definition) is 6. The zero-order valence-electron chi connectivity index (χ0n) is 13.7.